The molecule has 0 rings (SSSR count). The van der Waals surface area contributed by atoms with Crippen molar-refractivity contribution in [1.82, 2.24) is 5.32 Å². The molecule has 0 spiro atoms. The smallest absolute Gasteiger partial charge is 0.756 e. The number of unbranched alkanes of at least 4 members (excludes halogenated alkanes) is 24. The largest absolute Gasteiger partial charge is 1.00 e. The van der Waals surface area contributed by atoms with Crippen molar-refractivity contribution in [3.63, 3.8) is 0 Å². The molecule has 324 valence electrons. The molecule has 0 bridgehead atoms. The number of carboxylic acids is 1. The first-order valence-electron chi connectivity index (χ1n) is 22.0. The van der Waals surface area contributed by atoms with E-state index in [4.69, 9.17) is 18.5 Å². The molecule has 12 nitrogen and oxygen atoms in total. The molecule has 0 aliphatic rings. The zero-order valence-electron chi connectivity index (χ0n) is 36.8. The number of carbonyl (C=O) groups excluding carboxylic acids is 4. The fourth-order valence-corrected chi connectivity index (χ4v) is 6.97. The van der Waals surface area contributed by atoms with Crippen LogP contribution < -0.4 is 74.4 Å². The Balaban J connectivity index is -0.0000146. The molecule has 0 saturated carbocycles. The Morgan fingerprint density at radius 2 is 0.930 bits per heavy atom. The maximum Gasteiger partial charge on any atom is 1.00 e. The van der Waals surface area contributed by atoms with E-state index in [0.29, 0.717) is 12.8 Å². The topological polar surface area (TPSA) is 180 Å². The van der Waals surface area contributed by atoms with Crippen molar-refractivity contribution < 1.29 is 111 Å². The van der Waals surface area contributed by atoms with Crippen molar-refractivity contribution in [2.75, 3.05) is 26.4 Å². The van der Waals surface area contributed by atoms with E-state index in [1.54, 1.807) is 0 Å². The van der Waals surface area contributed by atoms with E-state index in [9.17, 15) is 33.7 Å². The second kappa shape index (κ2) is 45.5. The summed E-state index contributed by atoms with van der Waals surface area (Å²) in [5.41, 5.74) is 0. The van der Waals surface area contributed by atoms with E-state index in [0.717, 1.165) is 38.5 Å². The van der Waals surface area contributed by atoms with Crippen LogP contribution in [0.15, 0.2) is 0 Å². The number of nitrogens with one attached hydrogen (secondary N) is 1. The first-order chi connectivity index (χ1) is 26.6. The second-order valence-electron chi connectivity index (χ2n) is 14.9. The fourth-order valence-electron chi connectivity index (χ4n) is 6.23. The van der Waals surface area contributed by atoms with Gasteiger partial charge in [0.25, 0.3) is 7.82 Å². The SMILES string of the molecule is CCCCCCCCCCCCCCCC(=O)OC[C@H](COP(=O)([O-])OCCNC(=O)CCCC(=O)[O-])OC(=O)CCCCCCCCCCCCCCC.[Na+].[Na+]. The zero-order valence-corrected chi connectivity index (χ0v) is 41.7. The molecule has 0 aliphatic carbocycles. The molecule has 1 N–H and O–H groups in total. The van der Waals surface area contributed by atoms with Crippen molar-refractivity contribution in [1.29, 1.82) is 0 Å². The maximum absolute atomic E-state index is 12.6. The van der Waals surface area contributed by atoms with Crippen LogP contribution in [0.4, 0.5) is 0 Å². The van der Waals surface area contributed by atoms with E-state index in [2.05, 4.69) is 19.2 Å². The Hall–Kier alpha value is -0.0100. The maximum atomic E-state index is 12.6. The summed E-state index contributed by atoms with van der Waals surface area (Å²) in [6, 6.07) is 0. The third-order valence-corrected chi connectivity index (χ3v) is 10.5. The number of aliphatic carboxylic acids is 1. The van der Waals surface area contributed by atoms with Crippen molar-refractivity contribution in [2.24, 2.45) is 0 Å². The molecule has 1 unspecified atom stereocenters. The van der Waals surface area contributed by atoms with Gasteiger partial charge in [-0.1, -0.05) is 168 Å². The van der Waals surface area contributed by atoms with Crippen LogP contribution in [0, 0.1) is 0 Å². The molecule has 2 atom stereocenters. The van der Waals surface area contributed by atoms with Crippen LogP contribution in [-0.2, 0) is 42.3 Å². The molecule has 15 heteroatoms. The summed E-state index contributed by atoms with van der Waals surface area (Å²) in [4.78, 5) is 59.7. The Labute approximate surface area is 390 Å². The molecular formula is C42H78NNa2O11P. The van der Waals surface area contributed by atoms with E-state index >= 15 is 0 Å². The third-order valence-electron chi connectivity index (χ3n) is 9.57. The predicted molar refractivity (Wildman–Crippen MR) is 213 cm³/mol. The average Bonchev–Trinajstić information content (AvgIpc) is 3.15. The average molecular weight is 850 g/mol. The number of hydrogen-bond donors (Lipinski definition) is 1. The van der Waals surface area contributed by atoms with E-state index < -0.39 is 51.0 Å². The van der Waals surface area contributed by atoms with Gasteiger partial charge >= 0.3 is 71.1 Å². The van der Waals surface area contributed by atoms with Crippen molar-refractivity contribution in [2.45, 2.75) is 219 Å². The van der Waals surface area contributed by atoms with Crippen LogP contribution in [0.25, 0.3) is 0 Å². The molecule has 0 aromatic carbocycles. The molecule has 0 fully saturated rings. The number of hydrogen-bond acceptors (Lipinski definition) is 11. The minimum atomic E-state index is -4.85. The Morgan fingerprint density at radius 1 is 0.526 bits per heavy atom. The molecule has 0 radical (unpaired) electrons. The number of esters is 2. The summed E-state index contributed by atoms with van der Waals surface area (Å²) in [6.45, 7) is 2.97. The molecular weight excluding hydrogens is 771 g/mol. The van der Waals surface area contributed by atoms with Crippen molar-refractivity contribution in [3.8, 4) is 0 Å². The Morgan fingerprint density at radius 3 is 1.35 bits per heavy atom. The second-order valence-corrected chi connectivity index (χ2v) is 16.3. The summed E-state index contributed by atoms with van der Waals surface area (Å²) in [7, 11) is -4.85. The quantitative estimate of drug-likeness (QED) is 0.0413. The van der Waals surface area contributed by atoms with Gasteiger partial charge in [0.15, 0.2) is 6.10 Å². The summed E-state index contributed by atoms with van der Waals surface area (Å²) < 4.78 is 32.9. The third kappa shape index (κ3) is 46.9. The summed E-state index contributed by atoms with van der Waals surface area (Å²) >= 11 is 0. The standard InChI is InChI=1S/C42H80NO11P.2Na/c1-3-5-7-9-11-13-15-17-19-21-23-25-27-32-41(47)51-36-38(37-53-55(49,50)52-35-34-43-39(44)30-29-31-40(45)46)54-42(48)33-28-26-24-22-20-18-16-14-12-10-8-6-4-2;;/h38H,3-37H2,1-2H3,(H,43,44)(H,45,46)(H,49,50);;/q;2*+1/p-2/t38-;;/m1../s1. The molecule has 1 amide bonds. The molecule has 0 heterocycles. The predicted octanol–water partition coefficient (Wildman–Crippen LogP) is 2.95. The number of amides is 1. The molecule has 0 saturated heterocycles. The Kier molecular flexibility index (Phi) is 48.9. The van der Waals surface area contributed by atoms with Gasteiger partial charge in [-0.3, -0.25) is 18.9 Å². The van der Waals surface area contributed by atoms with Gasteiger partial charge in [0, 0.05) is 31.8 Å². The number of phosphoric acid groups is 1. The van der Waals surface area contributed by atoms with E-state index in [1.165, 1.54) is 116 Å². The Bertz CT molecular complexity index is 1010. The van der Waals surface area contributed by atoms with Gasteiger partial charge in [0.1, 0.15) is 6.61 Å². The molecule has 0 aromatic heterocycles. The van der Waals surface area contributed by atoms with Gasteiger partial charge in [-0.2, -0.15) is 0 Å². The number of carboxylic acid groups (broad SMARTS) is 1. The first-order valence-corrected chi connectivity index (χ1v) is 23.5. The summed E-state index contributed by atoms with van der Waals surface area (Å²) in [5, 5.41) is 12.9. The monoisotopic (exact) mass is 850 g/mol. The van der Waals surface area contributed by atoms with Gasteiger partial charge in [-0.05, 0) is 25.7 Å². The van der Waals surface area contributed by atoms with Gasteiger partial charge in [0.05, 0.1) is 13.2 Å². The molecule has 0 aliphatic heterocycles. The molecule has 57 heavy (non-hydrogen) atoms. The number of ether oxygens (including phenoxy) is 2. The van der Waals surface area contributed by atoms with Crippen LogP contribution in [-0.4, -0.2) is 56.3 Å². The van der Waals surface area contributed by atoms with Gasteiger partial charge in [0.2, 0.25) is 5.91 Å². The van der Waals surface area contributed by atoms with Gasteiger partial charge in [-0.25, -0.2) is 0 Å². The van der Waals surface area contributed by atoms with Gasteiger partial charge < -0.3 is 38.6 Å². The van der Waals surface area contributed by atoms with Crippen LogP contribution in [0.3, 0.4) is 0 Å². The van der Waals surface area contributed by atoms with Crippen LogP contribution in [0.1, 0.15) is 213 Å². The zero-order chi connectivity index (χ0) is 40.7. The fraction of sp³-hybridized carbons (Fsp3) is 0.905. The van der Waals surface area contributed by atoms with Gasteiger partial charge in [-0.15, -0.1) is 0 Å². The summed E-state index contributed by atoms with van der Waals surface area (Å²) in [6.07, 6.45) is 29.8. The van der Waals surface area contributed by atoms with Crippen LogP contribution >= 0.6 is 7.82 Å². The minimum absolute atomic E-state index is 0. The van der Waals surface area contributed by atoms with Crippen molar-refractivity contribution in [3.05, 3.63) is 0 Å². The van der Waals surface area contributed by atoms with E-state index in [-0.39, 0.29) is 104 Å². The normalized spacial score (nSPS) is 12.5. The number of rotatable bonds is 42. The summed E-state index contributed by atoms with van der Waals surface area (Å²) in [5.74, 6) is -2.68. The minimum Gasteiger partial charge on any atom is -0.756 e. The number of phosphoric ester groups is 1. The molecule has 0 aromatic rings. The van der Waals surface area contributed by atoms with Crippen molar-refractivity contribution >= 4 is 31.6 Å². The van der Waals surface area contributed by atoms with Crippen LogP contribution in [0.5, 0.6) is 0 Å². The van der Waals surface area contributed by atoms with Crippen LogP contribution in [0.2, 0.25) is 0 Å². The first kappa shape index (κ1) is 61.3. The number of carbonyl (C=O) groups is 4. The van der Waals surface area contributed by atoms with E-state index in [1.807, 2.05) is 0 Å².